The van der Waals surface area contributed by atoms with Crippen molar-refractivity contribution in [3.63, 3.8) is 0 Å². The molecule has 0 unspecified atom stereocenters. The zero-order valence-electron chi connectivity index (χ0n) is 14.8. The van der Waals surface area contributed by atoms with E-state index in [2.05, 4.69) is 25.9 Å². The maximum atomic E-state index is 13.9. The van der Waals surface area contributed by atoms with E-state index in [-0.39, 0.29) is 36.4 Å². The van der Waals surface area contributed by atoms with Crippen LogP contribution in [0, 0.1) is 18.2 Å². The summed E-state index contributed by atoms with van der Waals surface area (Å²) in [7, 11) is 0. The van der Waals surface area contributed by atoms with Crippen molar-refractivity contribution in [3.8, 4) is 18.1 Å². The summed E-state index contributed by atoms with van der Waals surface area (Å²) in [6.45, 7) is 0.992. The number of nitrogens with zero attached hydrogens (tertiary/aromatic N) is 4. The number of aromatic nitrogens is 4. The van der Waals surface area contributed by atoms with Gasteiger partial charge in [0.2, 0.25) is 5.28 Å². The number of terminal acetylenes is 1. The molecule has 144 valence electrons. The normalized spacial score (nSPS) is 19.1. The number of rotatable bonds is 6. The number of halogens is 2. The highest BCUT2D eigenvalue weighted by Crippen LogP contribution is 2.31. The van der Waals surface area contributed by atoms with Crippen molar-refractivity contribution >= 4 is 28.6 Å². The van der Waals surface area contributed by atoms with Gasteiger partial charge in [0, 0.05) is 6.54 Å². The number of hydrogen-bond acceptors (Lipinski definition) is 6. The first-order valence-corrected chi connectivity index (χ1v) is 9.09. The van der Waals surface area contributed by atoms with E-state index in [4.69, 9.17) is 27.5 Å². The summed E-state index contributed by atoms with van der Waals surface area (Å²) in [5.74, 6) is 2.87. The molecule has 0 spiro atoms. The molecular weight excluding hydrogens is 385 g/mol. The van der Waals surface area contributed by atoms with E-state index in [0.717, 1.165) is 0 Å². The summed E-state index contributed by atoms with van der Waals surface area (Å²) in [5, 5.41) is 0.0939. The van der Waals surface area contributed by atoms with Gasteiger partial charge in [-0.25, -0.2) is 9.37 Å². The standard InChI is InChI=1S/C19H17ClFN5O2/c1-2-7-27-13-8-12(10-28-15-6-4-3-5-14(15)21)26(9-13)18-16-17(23-11-22-16)24-19(20)25-18/h1,3-6,11-13H,7-10H2,(H,22,23,24,25)/t12-,13+/m1/s1. The number of nitrogens with one attached hydrogen (secondary N) is 1. The van der Waals surface area contributed by atoms with Crippen LogP contribution in [-0.4, -0.2) is 51.8 Å². The molecule has 0 aliphatic carbocycles. The lowest BCUT2D eigenvalue weighted by Crippen LogP contribution is -2.35. The van der Waals surface area contributed by atoms with Gasteiger partial charge in [0.15, 0.2) is 23.0 Å². The Balaban J connectivity index is 1.61. The quantitative estimate of drug-likeness (QED) is 0.505. The van der Waals surface area contributed by atoms with Crippen LogP contribution in [0.5, 0.6) is 5.75 Å². The van der Waals surface area contributed by atoms with Crippen LogP contribution in [0.25, 0.3) is 11.2 Å². The molecule has 4 rings (SSSR count). The average molecular weight is 402 g/mol. The Labute approximate surface area is 165 Å². The van der Waals surface area contributed by atoms with E-state index < -0.39 is 5.82 Å². The third kappa shape index (κ3) is 3.72. The molecule has 2 atom stereocenters. The fraction of sp³-hybridized carbons (Fsp3) is 0.316. The Morgan fingerprint density at radius 2 is 2.21 bits per heavy atom. The second-order valence-corrected chi connectivity index (χ2v) is 6.68. The molecular formula is C19H17ClFN5O2. The molecule has 0 amide bonds. The van der Waals surface area contributed by atoms with E-state index in [9.17, 15) is 4.39 Å². The van der Waals surface area contributed by atoms with Gasteiger partial charge in [0.25, 0.3) is 0 Å². The predicted molar refractivity (Wildman–Crippen MR) is 103 cm³/mol. The Hall–Kier alpha value is -2.89. The van der Waals surface area contributed by atoms with Crippen LogP contribution >= 0.6 is 11.6 Å². The largest absolute Gasteiger partial charge is 0.488 e. The monoisotopic (exact) mass is 401 g/mol. The smallest absolute Gasteiger partial charge is 0.226 e. The topological polar surface area (TPSA) is 76.2 Å². The van der Waals surface area contributed by atoms with Gasteiger partial charge in [-0.2, -0.15) is 9.97 Å². The van der Waals surface area contributed by atoms with E-state index in [1.165, 1.54) is 12.4 Å². The summed E-state index contributed by atoms with van der Waals surface area (Å²) in [6, 6.07) is 6.17. The van der Waals surface area contributed by atoms with E-state index >= 15 is 0 Å². The van der Waals surface area contributed by atoms with Crippen LogP contribution < -0.4 is 9.64 Å². The Bertz CT molecular complexity index is 1020. The van der Waals surface area contributed by atoms with Crippen molar-refractivity contribution in [3.05, 3.63) is 41.7 Å². The molecule has 0 saturated carbocycles. The Morgan fingerprint density at radius 1 is 1.36 bits per heavy atom. The van der Waals surface area contributed by atoms with Gasteiger partial charge >= 0.3 is 0 Å². The zero-order valence-corrected chi connectivity index (χ0v) is 15.6. The SMILES string of the molecule is C#CCO[C@H]1C[C@H](COc2ccccc2F)N(c2nc(Cl)nc3nc[nH]c23)C1. The summed E-state index contributed by atoms with van der Waals surface area (Å²) >= 11 is 6.08. The van der Waals surface area contributed by atoms with Gasteiger partial charge in [0.1, 0.15) is 18.7 Å². The van der Waals surface area contributed by atoms with Gasteiger partial charge in [0.05, 0.1) is 18.5 Å². The lowest BCUT2D eigenvalue weighted by molar-refractivity contribution is 0.0902. The zero-order chi connectivity index (χ0) is 19.5. The van der Waals surface area contributed by atoms with Gasteiger partial charge in [-0.05, 0) is 30.2 Å². The number of imidazole rings is 1. The molecule has 1 fully saturated rings. The number of aromatic amines is 1. The number of ether oxygens (including phenoxy) is 2. The van der Waals surface area contributed by atoms with Crippen molar-refractivity contribution < 1.29 is 13.9 Å². The number of fused-ring (bicyclic) bond motifs is 1. The summed E-state index contributed by atoms with van der Waals surface area (Å²) in [6.07, 6.45) is 7.38. The molecule has 1 aliphatic heterocycles. The highest BCUT2D eigenvalue weighted by molar-refractivity contribution is 6.28. The molecule has 0 bridgehead atoms. The van der Waals surface area contributed by atoms with Gasteiger partial charge < -0.3 is 19.4 Å². The maximum absolute atomic E-state index is 13.9. The fourth-order valence-electron chi connectivity index (χ4n) is 3.33. The number of hydrogen-bond donors (Lipinski definition) is 1. The lowest BCUT2D eigenvalue weighted by Gasteiger charge is -2.25. The van der Waals surface area contributed by atoms with Crippen molar-refractivity contribution in [2.24, 2.45) is 0 Å². The molecule has 1 N–H and O–H groups in total. The third-order valence-electron chi connectivity index (χ3n) is 4.56. The van der Waals surface area contributed by atoms with Crippen molar-refractivity contribution in [2.75, 3.05) is 24.7 Å². The van der Waals surface area contributed by atoms with Crippen molar-refractivity contribution in [2.45, 2.75) is 18.6 Å². The molecule has 3 aromatic rings. The Kier molecular flexibility index (Phi) is 5.28. The maximum Gasteiger partial charge on any atom is 0.226 e. The molecule has 2 aromatic heterocycles. The number of benzene rings is 1. The first-order chi connectivity index (χ1) is 13.7. The first-order valence-electron chi connectivity index (χ1n) is 8.71. The van der Waals surface area contributed by atoms with Crippen LogP contribution in [0.4, 0.5) is 10.2 Å². The second-order valence-electron chi connectivity index (χ2n) is 6.34. The van der Waals surface area contributed by atoms with Crippen LogP contribution in [0.1, 0.15) is 6.42 Å². The van der Waals surface area contributed by atoms with Gasteiger partial charge in [-0.15, -0.1) is 6.42 Å². The summed E-state index contributed by atoms with van der Waals surface area (Å²) in [5.41, 5.74) is 1.13. The van der Waals surface area contributed by atoms with E-state index in [1.807, 2.05) is 4.90 Å². The molecule has 0 radical (unpaired) electrons. The first kappa shape index (κ1) is 18.5. The number of H-pyrrole nitrogens is 1. The molecule has 28 heavy (non-hydrogen) atoms. The van der Waals surface area contributed by atoms with Crippen LogP contribution in [-0.2, 0) is 4.74 Å². The average Bonchev–Trinajstić information content (AvgIpc) is 3.31. The van der Waals surface area contributed by atoms with Gasteiger partial charge in [-0.1, -0.05) is 18.1 Å². The Morgan fingerprint density at radius 3 is 3.04 bits per heavy atom. The fourth-order valence-corrected chi connectivity index (χ4v) is 3.49. The van der Waals surface area contributed by atoms with Crippen LogP contribution in [0.15, 0.2) is 30.6 Å². The minimum absolute atomic E-state index is 0.0939. The van der Waals surface area contributed by atoms with E-state index in [0.29, 0.717) is 29.9 Å². The van der Waals surface area contributed by atoms with Crippen molar-refractivity contribution in [1.29, 1.82) is 0 Å². The molecule has 1 aliphatic rings. The minimum Gasteiger partial charge on any atom is -0.488 e. The number of para-hydroxylation sites is 1. The molecule has 1 saturated heterocycles. The molecule has 1 aromatic carbocycles. The predicted octanol–water partition coefficient (Wildman–Crippen LogP) is 2.82. The second kappa shape index (κ2) is 8.00. The van der Waals surface area contributed by atoms with Crippen LogP contribution in [0.2, 0.25) is 5.28 Å². The highest BCUT2D eigenvalue weighted by atomic mass is 35.5. The summed E-state index contributed by atoms with van der Waals surface area (Å²) < 4.78 is 25.4. The molecule has 9 heteroatoms. The number of anilines is 1. The molecule has 7 nitrogen and oxygen atoms in total. The molecule has 3 heterocycles. The van der Waals surface area contributed by atoms with Crippen LogP contribution in [0.3, 0.4) is 0 Å². The van der Waals surface area contributed by atoms with Crippen molar-refractivity contribution in [1.82, 2.24) is 19.9 Å². The van der Waals surface area contributed by atoms with Gasteiger partial charge in [-0.3, -0.25) is 0 Å². The lowest BCUT2D eigenvalue weighted by atomic mass is 10.2. The van der Waals surface area contributed by atoms with E-state index in [1.54, 1.807) is 18.2 Å². The highest BCUT2D eigenvalue weighted by Gasteiger charge is 2.35. The minimum atomic E-state index is -0.409. The third-order valence-corrected chi connectivity index (χ3v) is 4.73. The summed E-state index contributed by atoms with van der Waals surface area (Å²) in [4.78, 5) is 17.7.